The normalized spacial score (nSPS) is 12.9. The molecule has 0 aliphatic rings. The maximum absolute atomic E-state index is 10.6. The molecule has 0 spiro atoms. The lowest BCUT2D eigenvalue weighted by atomic mass is 10.2. The number of carbonyl (C=O) groups is 1. The number of carbonyl (C=O) groups excluding carboxylic acids is 1. The smallest absolute Gasteiger partial charge is 0.132 e. The molecule has 0 aliphatic carbocycles. The third-order valence-corrected chi connectivity index (χ3v) is 2.33. The molecule has 1 heterocycles. The minimum atomic E-state index is -0.604. The lowest BCUT2D eigenvalue weighted by Crippen LogP contribution is -2.00. The molecule has 1 aromatic rings. The van der Waals surface area contributed by atoms with E-state index in [4.69, 9.17) is 0 Å². The van der Waals surface area contributed by atoms with Crippen LogP contribution < -0.4 is 0 Å². The van der Waals surface area contributed by atoms with E-state index in [9.17, 15) is 9.90 Å². The molecule has 11 heavy (non-hydrogen) atoms. The third-order valence-electron chi connectivity index (χ3n) is 1.35. The van der Waals surface area contributed by atoms with Crippen molar-refractivity contribution in [2.75, 3.05) is 0 Å². The van der Waals surface area contributed by atoms with Crippen molar-refractivity contribution in [3.8, 4) is 0 Å². The van der Waals surface area contributed by atoms with Gasteiger partial charge in [0.2, 0.25) is 0 Å². The van der Waals surface area contributed by atoms with Crippen LogP contribution in [0.5, 0.6) is 0 Å². The zero-order valence-corrected chi connectivity index (χ0v) is 7.10. The molecule has 1 aromatic heterocycles. The average molecular weight is 170 g/mol. The third kappa shape index (κ3) is 2.44. The summed E-state index contributed by atoms with van der Waals surface area (Å²) < 4.78 is 0. The first-order chi connectivity index (χ1) is 5.20. The number of hydrogen-bond acceptors (Lipinski definition) is 3. The molecule has 1 N–H and O–H groups in total. The van der Waals surface area contributed by atoms with E-state index in [1.807, 2.05) is 17.5 Å². The van der Waals surface area contributed by atoms with Crippen LogP contribution in [0.3, 0.4) is 0 Å². The second kappa shape index (κ2) is 3.64. The molecule has 60 valence electrons. The fourth-order valence-electron chi connectivity index (χ4n) is 0.854. The first-order valence-corrected chi connectivity index (χ1v) is 4.29. The van der Waals surface area contributed by atoms with Crippen LogP contribution in [0, 0.1) is 0 Å². The zero-order chi connectivity index (χ0) is 8.27. The summed E-state index contributed by atoms with van der Waals surface area (Å²) in [5.74, 6) is 0.0194. The average Bonchev–Trinajstić information content (AvgIpc) is 2.35. The van der Waals surface area contributed by atoms with E-state index >= 15 is 0 Å². The molecule has 0 fully saturated rings. The topological polar surface area (TPSA) is 37.3 Å². The summed E-state index contributed by atoms with van der Waals surface area (Å²) in [4.78, 5) is 11.5. The molecule has 0 amide bonds. The van der Waals surface area contributed by atoms with E-state index in [-0.39, 0.29) is 12.2 Å². The van der Waals surface area contributed by atoms with Crippen molar-refractivity contribution in [3.05, 3.63) is 22.4 Å². The van der Waals surface area contributed by atoms with Crippen LogP contribution in [-0.4, -0.2) is 10.9 Å². The summed E-state index contributed by atoms with van der Waals surface area (Å²) in [5, 5.41) is 11.3. The minimum Gasteiger partial charge on any atom is -0.387 e. The van der Waals surface area contributed by atoms with Gasteiger partial charge < -0.3 is 5.11 Å². The van der Waals surface area contributed by atoms with Crippen molar-refractivity contribution in [1.29, 1.82) is 0 Å². The van der Waals surface area contributed by atoms with Gasteiger partial charge in [-0.2, -0.15) is 0 Å². The van der Waals surface area contributed by atoms with Gasteiger partial charge in [0.25, 0.3) is 0 Å². The van der Waals surface area contributed by atoms with Gasteiger partial charge in [-0.1, -0.05) is 6.07 Å². The highest BCUT2D eigenvalue weighted by Gasteiger charge is 2.09. The second-order valence-electron chi connectivity index (χ2n) is 2.44. The molecule has 1 atom stereocenters. The fourth-order valence-corrected chi connectivity index (χ4v) is 1.57. The monoisotopic (exact) mass is 170 g/mol. The Labute approximate surface area is 69.5 Å². The Morgan fingerprint density at radius 1 is 1.82 bits per heavy atom. The first-order valence-electron chi connectivity index (χ1n) is 3.41. The van der Waals surface area contributed by atoms with Gasteiger partial charge in [-0.05, 0) is 18.4 Å². The van der Waals surface area contributed by atoms with Crippen molar-refractivity contribution in [3.63, 3.8) is 0 Å². The van der Waals surface area contributed by atoms with Crippen molar-refractivity contribution in [2.45, 2.75) is 19.4 Å². The van der Waals surface area contributed by atoms with Crippen molar-refractivity contribution in [2.24, 2.45) is 0 Å². The van der Waals surface area contributed by atoms with Crippen LogP contribution >= 0.6 is 11.3 Å². The Morgan fingerprint density at radius 3 is 3.00 bits per heavy atom. The predicted octanol–water partition coefficient (Wildman–Crippen LogP) is 1.76. The summed E-state index contributed by atoms with van der Waals surface area (Å²) in [6.07, 6.45) is -0.381. The highest BCUT2D eigenvalue weighted by molar-refractivity contribution is 7.10. The molecule has 0 saturated carbocycles. The van der Waals surface area contributed by atoms with Crippen LogP contribution in [-0.2, 0) is 4.79 Å². The van der Waals surface area contributed by atoms with Gasteiger partial charge in [0.05, 0.1) is 6.10 Å². The standard InChI is InChI=1S/C8H10O2S/c1-6(9)5-7(10)8-3-2-4-11-8/h2-4,7,10H,5H2,1H3/t7-/m0/s1. The van der Waals surface area contributed by atoms with Crippen LogP contribution in [0.15, 0.2) is 17.5 Å². The van der Waals surface area contributed by atoms with Gasteiger partial charge in [-0.15, -0.1) is 11.3 Å². The molecule has 0 unspecified atom stereocenters. The van der Waals surface area contributed by atoms with Gasteiger partial charge in [-0.3, -0.25) is 4.79 Å². The second-order valence-corrected chi connectivity index (χ2v) is 3.42. The number of ketones is 1. The van der Waals surface area contributed by atoms with Crippen LogP contribution in [0.2, 0.25) is 0 Å². The van der Waals surface area contributed by atoms with Crippen LogP contribution in [0.4, 0.5) is 0 Å². The predicted molar refractivity (Wildman–Crippen MR) is 44.6 cm³/mol. The van der Waals surface area contributed by atoms with E-state index in [0.29, 0.717) is 0 Å². The van der Waals surface area contributed by atoms with Gasteiger partial charge in [0.15, 0.2) is 0 Å². The SMILES string of the molecule is CC(=O)C[C@H](O)c1cccs1. The lowest BCUT2D eigenvalue weighted by Gasteiger charge is -2.03. The van der Waals surface area contributed by atoms with E-state index in [0.717, 1.165) is 4.88 Å². The summed E-state index contributed by atoms with van der Waals surface area (Å²) in [6.45, 7) is 1.48. The molecular weight excluding hydrogens is 160 g/mol. The molecule has 0 bridgehead atoms. The number of thiophene rings is 1. The minimum absolute atomic E-state index is 0.0194. The highest BCUT2D eigenvalue weighted by Crippen LogP contribution is 2.21. The molecular formula is C8H10O2S. The van der Waals surface area contributed by atoms with E-state index < -0.39 is 6.10 Å². The number of hydrogen-bond donors (Lipinski definition) is 1. The molecule has 2 nitrogen and oxygen atoms in total. The molecule has 3 heteroatoms. The zero-order valence-electron chi connectivity index (χ0n) is 6.28. The Bertz CT molecular complexity index is 228. The maximum Gasteiger partial charge on any atom is 0.132 e. The van der Waals surface area contributed by atoms with Gasteiger partial charge in [0.1, 0.15) is 5.78 Å². The molecule has 0 radical (unpaired) electrons. The Kier molecular flexibility index (Phi) is 2.79. The number of aliphatic hydroxyl groups is 1. The Hall–Kier alpha value is -0.670. The summed E-state index contributed by atoms with van der Waals surface area (Å²) in [6, 6.07) is 3.70. The number of Topliss-reactive ketones (excluding diaryl/α,β-unsaturated/α-hetero) is 1. The Balaban J connectivity index is 2.56. The molecule has 0 saturated heterocycles. The van der Waals surface area contributed by atoms with E-state index in [1.54, 1.807) is 0 Å². The highest BCUT2D eigenvalue weighted by atomic mass is 32.1. The van der Waals surface area contributed by atoms with Gasteiger partial charge in [0, 0.05) is 11.3 Å². The summed E-state index contributed by atoms with van der Waals surface area (Å²) in [5.41, 5.74) is 0. The number of aliphatic hydroxyl groups excluding tert-OH is 1. The van der Waals surface area contributed by atoms with Crippen LogP contribution in [0.1, 0.15) is 24.3 Å². The largest absolute Gasteiger partial charge is 0.387 e. The fraction of sp³-hybridized carbons (Fsp3) is 0.375. The van der Waals surface area contributed by atoms with E-state index in [2.05, 4.69) is 0 Å². The maximum atomic E-state index is 10.6. The summed E-state index contributed by atoms with van der Waals surface area (Å²) >= 11 is 1.47. The summed E-state index contributed by atoms with van der Waals surface area (Å²) in [7, 11) is 0. The lowest BCUT2D eigenvalue weighted by molar-refractivity contribution is -0.118. The van der Waals surface area contributed by atoms with E-state index in [1.165, 1.54) is 18.3 Å². The molecule has 1 rings (SSSR count). The first kappa shape index (κ1) is 8.43. The molecule has 0 aliphatic heterocycles. The van der Waals surface area contributed by atoms with Gasteiger partial charge in [-0.25, -0.2) is 0 Å². The van der Waals surface area contributed by atoms with Gasteiger partial charge >= 0.3 is 0 Å². The Morgan fingerprint density at radius 2 is 2.55 bits per heavy atom. The van der Waals surface area contributed by atoms with Crippen molar-refractivity contribution < 1.29 is 9.90 Å². The van der Waals surface area contributed by atoms with Crippen molar-refractivity contribution in [1.82, 2.24) is 0 Å². The number of rotatable bonds is 3. The van der Waals surface area contributed by atoms with Crippen molar-refractivity contribution >= 4 is 17.1 Å². The quantitative estimate of drug-likeness (QED) is 0.750. The molecule has 0 aromatic carbocycles. The van der Waals surface area contributed by atoms with Crippen LogP contribution in [0.25, 0.3) is 0 Å².